The van der Waals surface area contributed by atoms with Crippen LogP contribution in [0.2, 0.25) is 0 Å². The molecule has 152 valence electrons. The molecule has 0 spiro atoms. The van der Waals surface area contributed by atoms with Crippen molar-refractivity contribution in [2.24, 2.45) is 0 Å². The zero-order valence-electron chi connectivity index (χ0n) is 15.4. The summed E-state index contributed by atoms with van der Waals surface area (Å²) in [7, 11) is 0. The van der Waals surface area contributed by atoms with Gasteiger partial charge in [-0.15, -0.1) is 11.6 Å². The highest BCUT2D eigenvalue weighted by Crippen LogP contribution is 2.60. The highest BCUT2D eigenvalue weighted by molar-refractivity contribution is 6.21. The Labute approximate surface area is 163 Å². The minimum absolute atomic E-state index is 0.0429. The molecule has 0 aromatic heterocycles. The van der Waals surface area contributed by atoms with Gasteiger partial charge in [-0.25, -0.2) is 4.39 Å². The molecule has 4 saturated carbocycles. The zero-order chi connectivity index (χ0) is 19.2. The molecule has 1 aliphatic heterocycles. The van der Waals surface area contributed by atoms with Crippen molar-refractivity contribution in [1.29, 1.82) is 0 Å². The number of hydrogen-bond donors (Lipinski definition) is 3. The van der Waals surface area contributed by atoms with Gasteiger partial charge in [-0.05, 0) is 39.0 Å². The van der Waals surface area contributed by atoms with Gasteiger partial charge in [0.15, 0.2) is 0 Å². The van der Waals surface area contributed by atoms with Gasteiger partial charge in [-0.2, -0.15) is 0 Å². The second kappa shape index (κ2) is 7.13. The number of carbonyl (C=O) groups is 2. The van der Waals surface area contributed by atoms with Gasteiger partial charge in [-0.3, -0.25) is 14.9 Å². The maximum atomic E-state index is 13.6. The van der Waals surface area contributed by atoms with Crippen molar-refractivity contribution in [3.05, 3.63) is 0 Å². The number of hydrogen-bond acceptors (Lipinski definition) is 5. The van der Waals surface area contributed by atoms with Crippen molar-refractivity contribution < 1.29 is 23.5 Å². The Morgan fingerprint density at radius 1 is 1.26 bits per heavy atom. The molecule has 9 heteroatoms. The Balaban J connectivity index is 1.16. The second-order valence-corrected chi connectivity index (χ2v) is 9.16. The molecule has 1 saturated heterocycles. The molecule has 2 bridgehead atoms. The summed E-state index contributed by atoms with van der Waals surface area (Å²) in [6.45, 7) is 2.20. The van der Waals surface area contributed by atoms with Crippen LogP contribution in [0.15, 0.2) is 0 Å². The van der Waals surface area contributed by atoms with Gasteiger partial charge in [0.1, 0.15) is 18.8 Å². The van der Waals surface area contributed by atoms with Gasteiger partial charge in [0, 0.05) is 17.5 Å². The predicted molar refractivity (Wildman–Crippen MR) is 96.1 cm³/mol. The first-order valence-corrected chi connectivity index (χ1v) is 10.1. The molecule has 5 fully saturated rings. The smallest absolute Gasteiger partial charge is 0.246 e. The largest absolute Gasteiger partial charge is 0.368 e. The molecule has 27 heavy (non-hydrogen) atoms. The molecule has 7 nitrogen and oxygen atoms in total. The molecular weight excluding hydrogens is 377 g/mol. The van der Waals surface area contributed by atoms with Crippen LogP contribution < -0.4 is 16.0 Å². The number of amides is 2. The van der Waals surface area contributed by atoms with E-state index in [2.05, 4.69) is 16.0 Å². The van der Waals surface area contributed by atoms with Crippen LogP contribution in [0, 0.1) is 0 Å². The Morgan fingerprint density at radius 3 is 2.59 bits per heavy atom. The van der Waals surface area contributed by atoms with Crippen LogP contribution in [0.25, 0.3) is 0 Å². The lowest BCUT2D eigenvalue weighted by atomic mass is 9.44. The molecule has 0 aromatic carbocycles. The second-order valence-electron chi connectivity index (χ2n) is 8.60. The van der Waals surface area contributed by atoms with Crippen molar-refractivity contribution in [1.82, 2.24) is 16.0 Å². The number of rotatable bonds is 6. The number of nitrogens with one attached hydrogen (secondary N) is 3. The molecule has 2 amide bonds. The first-order valence-electron chi connectivity index (χ1n) is 9.68. The maximum absolute atomic E-state index is 13.6. The zero-order valence-corrected chi connectivity index (χ0v) is 16.2. The fourth-order valence-corrected chi connectivity index (χ4v) is 5.18. The SMILES string of the molecule is CC1OCNC1C(=O)NC12CC(NC(=O)COC3CCC(Cl)C(F)C3)(C1)C2. The Kier molecular flexibility index (Phi) is 5.12. The van der Waals surface area contributed by atoms with Crippen molar-refractivity contribution in [2.75, 3.05) is 13.3 Å². The van der Waals surface area contributed by atoms with Crippen molar-refractivity contribution in [3.63, 3.8) is 0 Å². The Morgan fingerprint density at radius 2 is 1.96 bits per heavy atom. The normalized spacial score (nSPS) is 45.5. The van der Waals surface area contributed by atoms with Crippen LogP contribution in [0.1, 0.15) is 45.4 Å². The molecule has 0 aromatic rings. The van der Waals surface area contributed by atoms with Gasteiger partial charge in [0.05, 0.1) is 24.3 Å². The summed E-state index contributed by atoms with van der Waals surface area (Å²) in [5.74, 6) is -0.226. The van der Waals surface area contributed by atoms with Crippen LogP contribution in [0.4, 0.5) is 4.39 Å². The van der Waals surface area contributed by atoms with E-state index in [4.69, 9.17) is 21.1 Å². The van der Waals surface area contributed by atoms with Gasteiger partial charge >= 0.3 is 0 Å². The summed E-state index contributed by atoms with van der Waals surface area (Å²) in [6, 6.07) is -0.319. The third kappa shape index (κ3) is 3.81. The molecular formula is C18H27ClFN3O4. The van der Waals surface area contributed by atoms with E-state index in [0.29, 0.717) is 19.6 Å². The van der Waals surface area contributed by atoms with Crippen LogP contribution in [-0.4, -0.2) is 66.0 Å². The molecule has 5 atom stereocenters. The topological polar surface area (TPSA) is 88.7 Å². The Hall–Kier alpha value is -0.960. The molecule has 4 aliphatic carbocycles. The minimum Gasteiger partial charge on any atom is -0.368 e. The van der Waals surface area contributed by atoms with Gasteiger partial charge in [0.2, 0.25) is 11.8 Å². The van der Waals surface area contributed by atoms with E-state index in [0.717, 1.165) is 19.3 Å². The summed E-state index contributed by atoms with van der Waals surface area (Å²) < 4.78 is 24.5. The van der Waals surface area contributed by atoms with Crippen molar-refractivity contribution >= 4 is 23.4 Å². The lowest BCUT2D eigenvalue weighted by molar-refractivity contribution is -0.154. The molecule has 5 unspecified atom stereocenters. The maximum Gasteiger partial charge on any atom is 0.246 e. The van der Waals surface area contributed by atoms with Crippen molar-refractivity contribution in [3.8, 4) is 0 Å². The number of ether oxygens (including phenoxy) is 2. The lowest BCUT2D eigenvalue weighted by Gasteiger charge is -2.70. The predicted octanol–water partition coefficient (Wildman–Crippen LogP) is 0.743. The average molecular weight is 404 g/mol. The fraction of sp³-hybridized carbons (Fsp3) is 0.889. The van der Waals surface area contributed by atoms with Gasteiger partial charge in [-0.1, -0.05) is 0 Å². The van der Waals surface area contributed by atoms with Crippen molar-refractivity contribution in [2.45, 2.75) is 86.3 Å². The fourth-order valence-electron chi connectivity index (χ4n) is 4.95. The van der Waals surface area contributed by atoms with Crippen LogP contribution >= 0.6 is 11.6 Å². The molecule has 5 rings (SSSR count). The van der Waals surface area contributed by atoms with Gasteiger partial charge in [0.25, 0.3) is 0 Å². The van der Waals surface area contributed by atoms with E-state index < -0.39 is 11.5 Å². The molecule has 5 aliphatic rings. The van der Waals surface area contributed by atoms with Gasteiger partial charge < -0.3 is 20.1 Å². The Bertz CT molecular complexity index is 602. The number of halogens is 2. The van der Waals surface area contributed by atoms with Crippen LogP contribution in [0.5, 0.6) is 0 Å². The first-order chi connectivity index (χ1) is 12.8. The van der Waals surface area contributed by atoms with E-state index in [-0.39, 0.29) is 54.2 Å². The number of carbonyl (C=O) groups excluding carboxylic acids is 2. The third-order valence-electron chi connectivity index (χ3n) is 6.32. The summed E-state index contributed by atoms with van der Waals surface area (Å²) in [6.07, 6.45) is 2.26. The summed E-state index contributed by atoms with van der Waals surface area (Å²) in [4.78, 5) is 24.5. The quantitative estimate of drug-likeness (QED) is 0.569. The van der Waals surface area contributed by atoms with Crippen LogP contribution in [0.3, 0.4) is 0 Å². The lowest BCUT2D eigenvalue weighted by Crippen LogP contribution is -2.84. The molecule has 3 N–H and O–H groups in total. The average Bonchev–Trinajstić information content (AvgIpc) is 2.99. The number of alkyl halides is 2. The first kappa shape index (κ1) is 19.4. The van der Waals surface area contributed by atoms with E-state index in [9.17, 15) is 14.0 Å². The monoisotopic (exact) mass is 403 g/mol. The third-order valence-corrected chi connectivity index (χ3v) is 6.81. The molecule has 1 heterocycles. The van der Waals surface area contributed by atoms with E-state index >= 15 is 0 Å². The van der Waals surface area contributed by atoms with E-state index in [1.165, 1.54) is 0 Å². The minimum atomic E-state index is -1.07. The summed E-state index contributed by atoms with van der Waals surface area (Å²) in [5.41, 5.74) is -0.426. The standard InChI is InChI=1S/C18H27ClFN3O4/c1-10-15(21-9-27-10)16(25)23-18-6-17(7-18,8-18)22-14(24)5-26-11-2-3-12(19)13(20)4-11/h10-13,15,21H,2-9H2,1H3,(H,22,24)(H,23,25). The highest BCUT2D eigenvalue weighted by atomic mass is 35.5. The highest BCUT2D eigenvalue weighted by Gasteiger charge is 2.69. The van der Waals surface area contributed by atoms with E-state index in [1.807, 2.05) is 6.92 Å². The van der Waals surface area contributed by atoms with E-state index in [1.54, 1.807) is 0 Å². The summed E-state index contributed by atoms with van der Waals surface area (Å²) >= 11 is 5.86. The molecule has 0 radical (unpaired) electrons. The van der Waals surface area contributed by atoms with Crippen LogP contribution in [-0.2, 0) is 19.1 Å². The summed E-state index contributed by atoms with van der Waals surface area (Å²) in [5, 5.41) is 8.71.